The Morgan fingerprint density at radius 3 is 2.75 bits per heavy atom. The van der Waals surface area contributed by atoms with Crippen molar-refractivity contribution >= 4 is 17.6 Å². The number of aliphatic carboxylic acids is 1. The highest BCUT2D eigenvalue weighted by molar-refractivity contribution is 6.30. The van der Waals surface area contributed by atoms with Crippen LogP contribution < -0.4 is 4.74 Å². The van der Waals surface area contributed by atoms with Crippen LogP contribution in [0, 0.1) is 0 Å². The van der Waals surface area contributed by atoms with Crippen LogP contribution in [0.3, 0.4) is 0 Å². The number of hydrogen-bond donors (Lipinski definition) is 2. The van der Waals surface area contributed by atoms with Gasteiger partial charge in [-0.2, -0.15) is 0 Å². The third-order valence-corrected chi connectivity index (χ3v) is 2.52. The van der Waals surface area contributed by atoms with Crippen molar-refractivity contribution in [3.8, 4) is 5.75 Å². The van der Waals surface area contributed by atoms with Crippen LogP contribution in [0.5, 0.6) is 5.75 Å². The highest BCUT2D eigenvalue weighted by Gasteiger charge is 2.23. The second-order valence-corrected chi connectivity index (χ2v) is 3.73. The molecule has 1 unspecified atom stereocenters. The summed E-state index contributed by atoms with van der Waals surface area (Å²) in [7, 11) is 1.46. The third-order valence-electron chi connectivity index (χ3n) is 2.28. The Hall–Kier alpha value is -1.26. The van der Waals surface area contributed by atoms with Crippen molar-refractivity contribution in [3.63, 3.8) is 0 Å². The second-order valence-electron chi connectivity index (χ2n) is 3.29. The first kappa shape index (κ1) is 12.8. The normalized spacial score (nSPS) is 12.2. The van der Waals surface area contributed by atoms with E-state index in [4.69, 9.17) is 26.6 Å². The van der Waals surface area contributed by atoms with Gasteiger partial charge < -0.3 is 14.9 Å². The molecule has 1 aromatic carbocycles. The number of benzene rings is 1. The number of carbonyl (C=O) groups is 1. The summed E-state index contributed by atoms with van der Waals surface area (Å²) >= 11 is 5.81. The van der Waals surface area contributed by atoms with Gasteiger partial charge in [-0.15, -0.1) is 0 Å². The first-order valence-corrected chi connectivity index (χ1v) is 5.15. The van der Waals surface area contributed by atoms with Crippen LogP contribution in [-0.2, 0) is 4.79 Å². The number of ether oxygens (including phenoxy) is 1. The summed E-state index contributed by atoms with van der Waals surface area (Å²) < 4.78 is 5.07. The number of carboxylic acid groups (broad SMARTS) is 1. The van der Waals surface area contributed by atoms with Gasteiger partial charge in [-0.1, -0.05) is 11.6 Å². The van der Waals surface area contributed by atoms with Gasteiger partial charge in [0.15, 0.2) is 0 Å². The lowest BCUT2D eigenvalue weighted by Gasteiger charge is -2.15. The van der Waals surface area contributed by atoms with Crippen LogP contribution in [0.1, 0.15) is 17.9 Å². The molecule has 4 nitrogen and oxygen atoms in total. The van der Waals surface area contributed by atoms with Gasteiger partial charge in [0.2, 0.25) is 0 Å². The first-order chi connectivity index (χ1) is 7.60. The number of aliphatic hydroxyl groups excluding tert-OH is 1. The molecule has 0 aliphatic carbocycles. The molecule has 0 bridgehead atoms. The Morgan fingerprint density at radius 1 is 1.56 bits per heavy atom. The van der Waals surface area contributed by atoms with E-state index in [1.54, 1.807) is 18.2 Å². The van der Waals surface area contributed by atoms with E-state index in [2.05, 4.69) is 0 Å². The average molecular weight is 245 g/mol. The topological polar surface area (TPSA) is 66.8 Å². The lowest BCUT2D eigenvalue weighted by molar-refractivity contribution is -0.139. The molecule has 0 saturated carbocycles. The van der Waals surface area contributed by atoms with Crippen molar-refractivity contribution in [2.45, 2.75) is 12.3 Å². The molecule has 0 radical (unpaired) electrons. The van der Waals surface area contributed by atoms with E-state index >= 15 is 0 Å². The summed E-state index contributed by atoms with van der Waals surface area (Å²) in [5, 5.41) is 18.3. The maximum atomic E-state index is 11.1. The van der Waals surface area contributed by atoms with Crippen LogP contribution >= 0.6 is 11.6 Å². The van der Waals surface area contributed by atoms with Crippen LogP contribution in [0.15, 0.2) is 18.2 Å². The van der Waals surface area contributed by atoms with E-state index in [9.17, 15) is 4.79 Å². The summed E-state index contributed by atoms with van der Waals surface area (Å²) in [4.78, 5) is 11.1. The lowest BCUT2D eigenvalue weighted by Crippen LogP contribution is -2.14. The molecule has 2 N–H and O–H groups in total. The molecule has 0 aliphatic rings. The molecule has 88 valence electrons. The average Bonchev–Trinajstić information content (AvgIpc) is 2.25. The largest absolute Gasteiger partial charge is 0.496 e. The van der Waals surface area contributed by atoms with Crippen molar-refractivity contribution in [3.05, 3.63) is 28.8 Å². The number of hydrogen-bond acceptors (Lipinski definition) is 3. The summed E-state index contributed by atoms with van der Waals surface area (Å²) in [5.41, 5.74) is 0.483. The molecule has 0 fully saturated rings. The van der Waals surface area contributed by atoms with Gasteiger partial charge in [-0.25, -0.2) is 0 Å². The van der Waals surface area contributed by atoms with E-state index in [0.29, 0.717) is 16.3 Å². The summed E-state index contributed by atoms with van der Waals surface area (Å²) in [5.74, 6) is -1.35. The fourth-order valence-electron chi connectivity index (χ4n) is 1.52. The van der Waals surface area contributed by atoms with E-state index in [1.165, 1.54) is 7.11 Å². The number of aliphatic hydroxyl groups is 1. The zero-order valence-electron chi connectivity index (χ0n) is 8.81. The van der Waals surface area contributed by atoms with E-state index in [0.717, 1.165) is 0 Å². The molecule has 0 spiro atoms. The van der Waals surface area contributed by atoms with E-state index in [-0.39, 0.29) is 13.0 Å². The minimum atomic E-state index is -1.00. The highest BCUT2D eigenvalue weighted by Crippen LogP contribution is 2.31. The fraction of sp³-hybridized carbons (Fsp3) is 0.364. The smallest absolute Gasteiger partial charge is 0.311 e. The molecule has 1 aromatic rings. The second kappa shape index (κ2) is 5.72. The molecule has 0 heterocycles. The Morgan fingerprint density at radius 2 is 2.25 bits per heavy atom. The Labute approximate surface area is 98.4 Å². The van der Waals surface area contributed by atoms with Gasteiger partial charge in [0.05, 0.1) is 13.0 Å². The number of halogens is 1. The standard InChI is InChI=1S/C11H13ClO4/c1-16-10-3-2-7(12)6-9(10)8(4-5-13)11(14)15/h2-3,6,8,13H,4-5H2,1H3,(H,14,15). The van der Waals surface area contributed by atoms with Crippen molar-refractivity contribution < 1.29 is 19.7 Å². The number of rotatable bonds is 5. The molecule has 0 aromatic heterocycles. The van der Waals surface area contributed by atoms with Crippen molar-refractivity contribution in [2.24, 2.45) is 0 Å². The molecule has 1 atom stereocenters. The Balaban J connectivity index is 3.15. The maximum absolute atomic E-state index is 11.1. The molecule has 16 heavy (non-hydrogen) atoms. The molecule has 0 saturated heterocycles. The van der Waals surface area contributed by atoms with Crippen LogP contribution in [-0.4, -0.2) is 29.9 Å². The SMILES string of the molecule is COc1ccc(Cl)cc1C(CCO)C(=O)O. The predicted molar refractivity (Wildman–Crippen MR) is 60.1 cm³/mol. The Bertz CT molecular complexity index is 378. The summed E-state index contributed by atoms with van der Waals surface area (Å²) in [6, 6.07) is 4.79. The molecule has 0 aliphatic heterocycles. The van der Waals surface area contributed by atoms with E-state index in [1.807, 2.05) is 0 Å². The van der Waals surface area contributed by atoms with Gasteiger partial charge in [0, 0.05) is 17.2 Å². The zero-order chi connectivity index (χ0) is 12.1. The van der Waals surface area contributed by atoms with Gasteiger partial charge in [-0.3, -0.25) is 4.79 Å². The van der Waals surface area contributed by atoms with Gasteiger partial charge in [0.1, 0.15) is 5.75 Å². The molecule has 5 heteroatoms. The van der Waals surface area contributed by atoms with Crippen molar-refractivity contribution in [2.75, 3.05) is 13.7 Å². The molecule has 1 rings (SSSR count). The highest BCUT2D eigenvalue weighted by atomic mass is 35.5. The lowest BCUT2D eigenvalue weighted by atomic mass is 9.95. The van der Waals surface area contributed by atoms with Crippen LogP contribution in [0.25, 0.3) is 0 Å². The molecular weight excluding hydrogens is 232 g/mol. The van der Waals surface area contributed by atoms with Gasteiger partial charge in [-0.05, 0) is 24.6 Å². The van der Waals surface area contributed by atoms with Gasteiger partial charge in [0.25, 0.3) is 0 Å². The Kier molecular flexibility index (Phi) is 4.58. The summed E-state index contributed by atoms with van der Waals surface area (Å²) in [6.45, 7) is -0.202. The molecular formula is C11H13ClO4. The first-order valence-electron chi connectivity index (χ1n) is 4.77. The minimum Gasteiger partial charge on any atom is -0.496 e. The van der Waals surface area contributed by atoms with Crippen molar-refractivity contribution in [1.29, 1.82) is 0 Å². The molecule has 0 amide bonds. The number of methoxy groups -OCH3 is 1. The summed E-state index contributed by atoms with van der Waals surface area (Å²) in [6.07, 6.45) is 0.131. The monoisotopic (exact) mass is 244 g/mol. The maximum Gasteiger partial charge on any atom is 0.311 e. The minimum absolute atomic E-state index is 0.131. The zero-order valence-corrected chi connectivity index (χ0v) is 9.57. The van der Waals surface area contributed by atoms with Crippen LogP contribution in [0.4, 0.5) is 0 Å². The third kappa shape index (κ3) is 2.87. The number of carboxylic acids is 1. The van der Waals surface area contributed by atoms with Crippen molar-refractivity contribution in [1.82, 2.24) is 0 Å². The van der Waals surface area contributed by atoms with E-state index < -0.39 is 11.9 Å². The predicted octanol–water partition coefficient (Wildman–Crippen LogP) is 1.90. The quantitative estimate of drug-likeness (QED) is 0.830. The fourth-order valence-corrected chi connectivity index (χ4v) is 1.70. The van der Waals surface area contributed by atoms with Gasteiger partial charge >= 0.3 is 5.97 Å². The van der Waals surface area contributed by atoms with Crippen LogP contribution in [0.2, 0.25) is 5.02 Å².